The van der Waals surface area contributed by atoms with Crippen LogP contribution in [0.2, 0.25) is 0 Å². The number of aliphatic hydroxyl groups is 1. The summed E-state index contributed by atoms with van der Waals surface area (Å²) in [5, 5.41) is 18.2. The number of hydrogen-bond donors (Lipinski definition) is 2. The summed E-state index contributed by atoms with van der Waals surface area (Å²) in [4.78, 5) is 11.4. The quantitative estimate of drug-likeness (QED) is 0.620. The number of phenols is 1. The maximum absolute atomic E-state index is 11.4. The molecule has 0 aromatic heterocycles. The lowest BCUT2D eigenvalue weighted by Gasteiger charge is -2.13. The minimum absolute atomic E-state index is 0.181. The summed E-state index contributed by atoms with van der Waals surface area (Å²) >= 11 is 0. The van der Waals surface area contributed by atoms with Gasteiger partial charge in [0.1, 0.15) is 11.9 Å². The van der Waals surface area contributed by atoms with Crippen LogP contribution in [-0.2, 0) is 9.53 Å². The molecule has 1 rings (SSSR count). The van der Waals surface area contributed by atoms with Gasteiger partial charge in [0, 0.05) is 12.5 Å². The number of carbonyl (C=O) groups is 1. The second kappa shape index (κ2) is 6.81. The monoisotopic (exact) mass is 250 g/mol. The van der Waals surface area contributed by atoms with E-state index in [1.54, 1.807) is 44.2 Å². The number of aromatic hydroxyl groups is 1. The SMILES string of the molecule is CC(O)CC(C)OC(=O)C=Cc1ccc(O)cc1. The van der Waals surface area contributed by atoms with Crippen LogP contribution in [-0.4, -0.2) is 28.4 Å². The van der Waals surface area contributed by atoms with Gasteiger partial charge < -0.3 is 14.9 Å². The first-order valence-corrected chi connectivity index (χ1v) is 5.83. The Labute approximate surface area is 107 Å². The number of ether oxygens (including phenoxy) is 1. The van der Waals surface area contributed by atoms with E-state index in [4.69, 9.17) is 14.9 Å². The van der Waals surface area contributed by atoms with E-state index in [1.807, 2.05) is 0 Å². The first-order valence-electron chi connectivity index (χ1n) is 5.83. The minimum Gasteiger partial charge on any atom is -0.508 e. The van der Waals surface area contributed by atoms with Crippen LogP contribution in [0.1, 0.15) is 25.8 Å². The second-order valence-corrected chi connectivity index (χ2v) is 4.26. The molecule has 0 spiro atoms. The van der Waals surface area contributed by atoms with E-state index >= 15 is 0 Å². The van der Waals surface area contributed by atoms with Gasteiger partial charge in [-0.2, -0.15) is 0 Å². The van der Waals surface area contributed by atoms with E-state index in [-0.39, 0.29) is 11.9 Å². The molecule has 0 aliphatic heterocycles. The zero-order chi connectivity index (χ0) is 13.5. The lowest BCUT2D eigenvalue weighted by atomic mass is 10.2. The highest BCUT2D eigenvalue weighted by Crippen LogP contribution is 2.11. The smallest absolute Gasteiger partial charge is 0.331 e. The fraction of sp³-hybridized carbons (Fsp3) is 0.357. The molecule has 0 bridgehead atoms. The summed E-state index contributed by atoms with van der Waals surface area (Å²) in [6.45, 7) is 3.38. The average Bonchev–Trinajstić information content (AvgIpc) is 2.27. The van der Waals surface area contributed by atoms with E-state index in [9.17, 15) is 4.79 Å². The summed E-state index contributed by atoms with van der Waals surface area (Å²) in [6, 6.07) is 6.47. The van der Waals surface area contributed by atoms with Crippen LogP contribution >= 0.6 is 0 Å². The lowest BCUT2D eigenvalue weighted by Crippen LogP contribution is -2.18. The molecule has 0 saturated carbocycles. The normalized spacial score (nSPS) is 14.4. The maximum atomic E-state index is 11.4. The Bertz CT molecular complexity index is 406. The summed E-state index contributed by atoms with van der Waals surface area (Å²) < 4.78 is 5.07. The van der Waals surface area contributed by atoms with E-state index in [2.05, 4.69) is 0 Å². The number of rotatable bonds is 5. The van der Waals surface area contributed by atoms with E-state index in [0.29, 0.717) is 6.42 Å². The van der Waals surface area contributed by atoms with Crippen molar-refractivity contribution in [2.24, 2.45) is 0 Å². The number of aliphatic hydroxyl groups excluding tert-OH is 1. The van der Waals surface area contributed by atoms with Crippen LogP contribution in [0.15, 0.2) is 30.3 Å². The van der Waals surface area contributed by atoms with E-state index < -0.39 is 12.1 Å². The van der Waals surface area contributed by atoms with Crippen LogP contribution in [0.3, 0.4) is 0 Å². The molecule has 0 fully saturated rings. The average molecular weight is 250 g/mol. The number of hydrogen-bond acceptors (Lipinski definition) is 4. The Morgan fingerprint density at radius 1 is 1.33 bits per heavy atom. The summed E-state index contributed by atoms with van der Waals surface area (Å²) in [6.07, 6.45) is 2.54. The Morgan fingerprint density at radius 2 is 1.94 bits per heavy atom. The molecule has 0 aliphatic carbocycles. The standard InChI is InChI=1S/C14H18O4/c1-10(15)9-11(2)18-14(17)8-5-12-3-6-13(16)7-4-12/h3-8,10-11,15-16H,9H2,1-2H3. The molecule has 0 radical (unpaired) electrons. The lowest BCUT2D eigenvalue weighted by molar-refractivity contribution is -0.143. The van der Waals surface area contributed by atoms with Gasteiger partial charge in [-0.15, -0.1) is 0 Å². The molecule has 18 heavy (non-hydrogen) atoms. The molecule has 1 aromatic carbocycles. The number of esters is 1. The highest BCUT2D eigenvalue weighted by Gasteiger charge is 2.09. The van der Waals surface area contributed by atoms with Crippen LogP contribution in [0.25, 0.3) is 6.08 Å². The molecule has 2 N–H and O–H groups in total. The zero-order valence-electron chi connectivity index (χ0n) is 10.5. The van der Waals surface area contributed by atoms with Gasteiger partial charge in [0.15, 0.2) is 0 Å². The molecular formula is C14H18O4. The fourth-order valence-corrected chi connectivity index (χ4v) is 1.52. The molecule has 1 aromatic rings. The predicted octanol–water partition coefficient (Wildman–Crippen LogP) is 2.11. The highest BCUT2D eigenvalue weighted by atomic mass is 16.5. The van der Waals surface area contributed by atoms with Gasteiger partial charge in [-0.25, -0.2) is 4.79 Å². The van der Waals surface area contributed by atoms with Crippen molar-refractivity contribution in [1.82, 2.24) is 0 Å². The third kappa shape index (κ3) is 5.50. The number of carbonyl (C=O) groups excluding carboxylic acids is 1. The van der Waals surface area contributed by atoms with Crippen molar-refractivity contribution in [2.45, 2.75) is 32.5 Å². The largest absolute Gasteiger partial charge is 0.508 e. The van der Waals surface area contributed by atoms with Gasteiger partial charge in [-0.05, 0) is 37.6 Å². The van der Waals surface area contributed by atoms with Crippen LogP contribution < -0.4 is 0 Å². The summed E-state index contributed by atoms with van der Waals surface area (Å²) in [5.41, 5.74) is 0.799. The third-order valence-corrected chi connectivity index (χ3v) is 2.30. The van der Waals surface area contributed by atoms with Crippen molar-refractivity contribution >= 4 is 12.0 Å². The molecule has 4 heteroatoms. The highest BCUT2D eigenvalue weighted by molar-refractivity contribution is 5.87. The molecule has 4 nitrogen and oxygen atoms in total. The second-order valence-electron chi connectivity index (χ2n) is 4.26. The number of benzene rings is 1. The van der Waals surface area contributed by atoms with Crippen molar-refractivity contribution in [3.05, 3.63) is 35.9 Å². The van der Waals surface area contributed by atoms with Gasteiger partial charge in [0.05, 0.1) is 6.10 Å². The molecule has 0 aliphatic rings. The summed E-state index contributed by atoms with van der Waals surface area (Å²) in [5.74, 6) is -0.267. The molecule has 0 heterocycles. The molecule has 2 unspecified atom stereocenters. The van der Waals surface area contributed by atoms with Crippen molar-refractivity contribution in [2.75, 3.05) is 0 Å². The zero-order valence-corrected chi connectivity index (χ0v) is 10.5. The first kappa shape index (κ1) is 14.3. The molecular weight excluding hydrogens is 232 g/mol. The van der Waals surface area contributed by atoms with Crippen LogP contribution in [0.4, 0.5) is 0 Å². The van der Waals surface area contributed by atoms with Crippen molar-refractivity contribution in [1.29, 1.82) is 0 Å². The van der Waals surface area contributed by atoms with Gasteiger partial charge in [-0.1, -0.05) is 12.1 Å². The fourth-order valence-electron chi connectivity index (χ4n) is 1.52. The van der Waals surface area contributed by atoms with Crippen molar-refractivity contribution in [3.8, 4) is 5.75 Å². The van der Waals surface area contributed by atoms with Crippen LogP contribution in [0.5, 0.6) is 5.75 Å². The Hall–Kier alpha value is -1.81. The van der Waals surface area contributed by atoms with Gasteiger partial charge in [-0.3, -0.25) is 0 Å². The summed E-state index contributed by atoms with van der Waals surface area (Å²) in [7, 11) is 0. The topological polar surface area (TPSA) is 66.8 Å². The molecule has 2 atom stereocenters. The van der Waals surface area contributed by atoms with Crippen molar-refractivity contribution < 1.29 is 19.7 Å². The Morgan fingerprint density at radius 3 is 2.50 bits per heavy atom. The van der Waals surface area contributed by atoms with Gasteiger partial charge >= 0.3 is 5.97 Å². The van der Waals surface area contributed by atoms with E-state index in [0.717, 1.165) is 5.56 Å². The van der Waals surface area contributed by atoms with Gasteiger partial charge in [0.25, 0.3) is 0 Å². The van der Waals surface area contributed by atoms with Crippen LogP contribution in [0, 0.1) is 0 Å². The minimum atomic E-state index is -0.492. The molecule has 0 saturated heterocycles. The van der Waals surface area contributed by atoms with Gasteiger partial charge in [0.2, 0.25) is 0 Å². The first-order chi connectivity index (χ1) is 8.47. The molecule has 0 amide bonds. The Kier molecular flexibility index (Phi) is 5.39. The van der Waals surface area contributed by atoms with E-state index in [1.165, 1.54) is 6.08 Å². The predicted molar refractivity (Wildman–Crippen MR) is 69.0 cm³/mol. The maximum Gasteiger partial charge on any atom is 0.331 e. The molecule has 98 valence electrons. The Balaban J connectivity index is 2.46. The van der Waals surface area contributed by atoms with Crippen molar-refractivity contribution in [3.63, 3.8) is 0 Å². The number of phenolic OH excluding ortho intramolecular Hbond substituents is 1. The third-order valence-electron chi connectivity index (χ3n) is 2.30.